The van der Waals surface area contributed by atoms with Gasteiger partial charge in [-0.05, 0) is 33.1 Å². The van der Waals surface area contributed by atoms with Crippen LogP contribution >= 0.6 is 0 Å². The Balaban J connectivity index is 4.86. The van der Waals surface area contributed by atoms with E-state index in [0.29, 0.717) is 6.42 Å². The molecule has 0 aliphatic carbocycles. The zero-order chi connectivity index (χ0) is 14.7. The molecule has 0 atom stereocenters. The van der Waals surface area contributed by atoms with Crippen molar-refractivity contribution in [3.63, 3.8) is 0 Å². The summed E-state index contributed by atoms with van der Waals surface area (Å²) >= 11 is 0. The molecule has 0 spiro atoms. The van der Waals surface area contributed by atoms with Crippen LogP contribution in [0, 0.1) is 5.92 Å². The molecule has 4 nitrogen and oxygen atoms in total. The maximum absolute atomic E-state index is 11.9. The fourth-order valence-corrected chi connectivity index (χ4v) is 1.91. The van der Waals surface area contributed by atoms with E-state index in [2.05, 4.69) is 13.0 Å². The lowest BCUT2D eigenvalue weighted by Crippen LogP contribution is -2.28. The molecule has 0 aliphatic heterocycles. The van der Waals surface area contributed by atoms with Crippen molar-refractivity contribution in [3.8, 4) is 0 Å². The van der Waals surface area contributed by atoms with Crippen LogP contribution in [-0.4, -0.2) is 25.2 Å². The van der Waals surface area contributed by atoms with Gasteiger partial charge in [-0.1, -0.05) is 31.9 Å². The second kappa shape index (κ2) is 10.6. The van der Waals surface area contributed by atoms with Crippen LogP contribution in [0.15, 0.2) is 11.6 Å². The van der Waals surface area contributed by atoms with Crippen molar-refractivity contribution < 1.29 is 19.1 Å². The van der Waals surface area contributed by atoms with Gasteiger partial charge in [0.1, 0.15) is 0 Å². The highest BCUT2D eigenvalue weighted by atomic mass is 16.6. The minimum absolute atomic E-state index is 0.273. The first-order valence-corrected chi connectivity index (χ1v) is 7.11. The third-order valence-corrected chi connectivity index (χ3v) is 2.67. The zero-order valence-electron chi connectivity index (χ0n) is 12.5. The van der Waals surface area contributed by atoms with Crippen LogP contribution < -0.4 is 0 Å². The van der Waals surface area contributed by atoms with Crippen LogP contribution in [0.3, 0.4) is 0 Å². The number of carbonyl (C=O) groups is 2. The molecule has 0 aromatic carbocycles. The monoisotopic (exact) mass is 270 g/mol. The van der Waals surface area contributed by atoms with Gasteiger partial charge in [-0.2, -0.15) is 0 Å². The van der Waals surface area contributed by atoms with E-state index in [4.69, 9.17) is 9.47 Å². The summed E-state index contributed by atoms with van der Waals surface area (Å²) in [6.07, 6.45) is 5.26. The van der Waals surface area contributed by atoms with Crippen molar-refractivity contribution >= 4 is 11.9 Å². The summed E-state index contributed by atoms with van der Waals surface area (Å²) in [6, 6.07) is 0. The lowest BCUT2D eigenvalue weighted by atomic mass is 9.95. The SMILES string of the molecule is CC/C=C(/CCC)CC(C(=O)OCC)C(=O)OCC. The molecule has 0 aromatic rings. The first kappa shape index (κ1) is 17.7. The fraction of sp³-hybridized carbons (Fsp3) is 0.733. The van der Waals surface area contributed by atoms with Gasteiger partial charge in [-0.15, -0.1) is 0 Å². The predicted molar refractivity (Wildman–Crippen MR) is 74.7 cm³/mol. The van der Waals surface area contributed by atoms with Crippen molar-refractivity contribution in [2.45, 2.75) is 53.4 Å². The average Bonchev–Trinajstić information content (AvgIpc) is 2.36. The lowest BCUT2D eigenvalue weighted by Gasteiger charge is -2.16. The van der Waals surface area contributed by atoms with E-state index in [1.54, 1.807) is 13.8 Å². The summed E-state index contributed by atoms with van der Waals surface area (Å²) in [6.45, 7) is 8.13. The van der Waals surface area contributed by atoms with Crippen LogP contribution in [0.1, 0.15) is 53.4 Å². The topological polar surface area (TPSA) is 52.6 Å². The highest BCUT2D eigenvalue weighted by molar-refractivity contribution is 5.95. The van der Waals surface area contributed by atoms with E-state index in [1.807, 2.05) is 6.92 Å². The first-order chi connectivity index (χ1) is 9.10. The fourth-order valence-electron chi connectivity index (χ4n) is 1.91. The summed E-state index contributed by atoms with van der Waals surface area (Å²) in [5.74, 6) is -1.80. The highest BCUT2D eigenvalue weighted by Crippen LogP contribution is 2.20. The Hall–Kier alpha value is -1.32. The molecule has 0 bridgehead atoms. The molecule has 0 aromatic heterocycles. The maximum Gasteiger partial charge on any atom is 0.320 e. The van der Waals surface area contributed by atoms with Gasteiger partial charge in [0, 0.05) is 0 Å². The van der Waals surface area contributed by atoms with E-state index >= 15 is 0 Å². The van der Waals surface area contributed by atoms with E-state index in [1.165, 1.54) is 0 Å². The van der Waals surface area contributed by atoms with Crippen molar-refractivity contribution in [1.82, 2.24) is 0 Å². The van der Waals surface area contributed by atoms with Crippen molar-refractivity contribution in [1.29, 1.82) is 0 Å². The van der Waals surface area contributed by atoms with Gasteiger partial charge in [0.05, 0.1) is 13.2 Å². The molecule has 0 saturated carbocycles. The molecular formula is C15H26O4. The van der Waals surface area contributed by atoms with E-state index < -0.39 is 17.9 Å². The van der Waals surface area contributed by atoms with Crippen molar-refractivity contribution in [2.75, 3.05) is 13.2 Å². The van der Waals surface area contributed by atoms with Gasteiger partial charge >= 0.3 is 11.9 Å². The minimum Gasteiger partial charge on any atom is -0.465 e. The molecule has 110 valence electrons. The van der Waals surface area contributed by atoms with Crippen LogP contribution in [0.2, 0.25) is 0 Å². The summed E-state index contributed by atoms with van der Waals surface area (Å²) in [5.41, 5.74) is 1.12. The average molecular weight is 270 g/mol. The number of allylic oxidation sites excluding steroid dienone is 2. The molecule has 0 unspecified atom stereocenters. The molecular weight excluding hydrogens is 244 g/mol. The molecule has 0 amide bonds. The number of hydrogen-bond acceptors (Lipinski definition) is 4. The van der Waals surface area contributed by atoms with Gasteiger partial charge in [0.2, 0.25) is 0 Å². The third-order valence-electron chi connectivity index (χ3n) is 2.67. The van der Waals surface area contributed by atoms with Crippen LogP contribution in [0.5, 0.6) is 0 Å². The number of ether oxygens (including phenoxy) is 2. The summed E-state index contributed by atoms with van der Waals surface area (Å²) in [4.78, 5) is 23.7. The van der Waals surface area contributed by atoms with Gasteiger partial charge < -0.3 is 9.47 Å². The maximum atomic E-state index is 11.9. The lowest BCUT2D eigenvalue weighted by molar-refractivity contribution is -0.161. The largest absolute Gasteiger partial charge is 0.465 e. The Morgan fingerprint density at radius 2 is 1.53 bits per heavy atom. The molecule has 0 rings (SSSR count). The second-order valence-corrected chi connectivity index (χ2v) is 4.28. The highest BCUT2D eigenvalue weighted by Gasteiger charge is 2.30. The summed E-state index contributed by atoms with van der Waals surface area (Å²) in [7, 11) is 0. The Labute approximate surface area is 116 Å². The van der Waals surface area contributed by atoms with Crippen LogP contribution in [-0.2, 0) is 19.1 Å². The Bertz CT molecular complexity index is 289. The molecule has 0 heterocycles. The number of rotatable bonds is 9. The molecule has 4 heteroatoms. The van der Waals surface area contributed by atoms with E-state index in [-0.39, 0.29) is 13.2 Å². The van der Waals surface area contributed by atoms with Crippen molar-refractivity contribution in [2.24, 2.45) is 5.92 Å². The second-order valence-electron chi connectivity index (χ2n) is 4.28. The Kier molecular flexibility index (Phi) is 9.85. The molecule has 0 saturated heterocycles. The minimum atomic E-state index is -0.829. The number of carbonyl (C=O) groups excluding carboxylic acids is 2. The Morgan fingerprint density at radius 3 is 1.89 bits per heavy atom. The molecule has 0 radical (unpaired) electrons. The molecule has 19 heavy (non-hydrogen) atoms. The normalized spacial score (nSPS) is 11.5. The summed E-state index contributed by atoms with van der Waals surface area (Å²) in [5, 5.41) is 0. The van der Waals surface area contributed by atoms with E-state index in [0.717, 1.165) is 24.8 Å². The van der Waals surface area contributed by atoms with Gasteiger partial charge in [0.15, 0.2) is 5.92 Å². The Morgan fingerprint density at radius 1 is 1.00 bits per heavy atom. The van der Waals surface area contributed by atoms with Gasteiger partial charge in [0.25, 0.3) is 0 Å². The van der Waals surface area contributed by atoms with Gasteiger partial charge in [-0.25, -0.2) is 0 Å². The smallest absolute Gasteiger partial charge is 0.320 e. The molecule has 0 fully saturated rings. The number of hydrogen-bond donors (Lipinski definition) is 0. The predicted octanol–water partition coefficient (Wildman–Crippen LogP) is 3.26. The zero-order valence-corrected chi connectivity index (χ0v) is 12.5. The van der Waals surface area contributed by atoms with E-state index in [9.17, 15) is 9.59 Å². The van der Waals surface area contributed by atoms with Gasteiger partial charge in [-0.3, -0.25) is 9.59 Å². The summed E-state index contributed by atoms with van der Waals surface area (Å²) < 4.78 is 9.92. The number of esters is 2. The third kappa shape index (κ3) is 6.99. The van der Waals surface area contributed by atoms with Crippen LogP contribution in [0.25, 0.3) is 0 Å². The molecule has 0 N–H and O–H groups in total. The van der Waals surface area contributed by atoms with Crippen LogP contribution in [0.4, 0.5) is 0 Å². The quantitative estimate of drug-likeness (QED) is 0.366. The van der Waals surface area contributed by atoms with Crippen molar-refractivity contribution in [3.05, 3.63) is 11.6 Å². The first-order valence-electron chi connectivity index (χ1n) is 7.11. The molecule has 0 aliphatic rings. The standard InChI is InChI=1S/C15H26O4/c1-5-9-12(10-6-2)11-13(14(16)18-7-3)15(17)19-8-4/h9,13H,5-8,10-11H2,1-4H3/b12-9-.